The molecule has 0 saturated carbocycles. The highest BCUT2D eigenvalue weighted by atomic mass is 16.1. The minimum atomic E-state index is 0.373. The first-order valence-electron chi connectivity index (χ1n) is 6.54. The molecule has 1 aliphatic rings. The highest BCUT2D eigenvalue weighted by molar-refractivity contribution is 5.80. The van der Waals surface area contributed by atoms with Crippen molar-refractivity contribution >= 4 is 5.78 Å². The zero-order chi connectivity index (χ0) is 12.3. The van der Waals surface area contributed by atoms with Crippen molar-refractivity contribution < 1.29 is 4.79 Å². The highest BCUT2D eigenvalue weighted by Gasteiger charge is 2.27. The number of fused-ring (bicyclic) bond motifs is 1. The molecule has 92 valence electrons. The Kier molecular flexibility index (Phi) is 3.95. The van der Waals surface area contributed by atoms with Crippen molar-refractivity contribution in [3.05, 3.63) is 35.4 Å². The second kappa shape index (κ2) is 5.46. The molecule has 2 N–H and O–H groups in total. The van der Waals surface area contributed by atoms with E-state index in [4.69, 9.17) is 5.73 Å². The van der Waals surface area contributed by atoms with Crippen LogP contribution in [0.1, 0.15) is 43.2 Å². The lowest BCUT2D eigenvalue weighted by molar-refractivity contribution is -0.120. The van der Waals surface area contributed by atoms with Crippen LogP contribution in [0.3, 0.4) is 0 Å². The molecule has 0 fully saturated rings. The minimum absolute atomic E-state index is 0.373. The molecule has 0 saturated heterocycles. The first-order valence-corrected chi connectivity index (χ1v) is 6.54. The molecule has 0 radical (unpaired) electrons. The number of Topliss-reactive ketones (excluding diaryl/α,β-unsaturated/α-hetero) is 1. The Hall–Kier alpha value is -1.15. The fourth-order valence-electron chi connectivity index (χ4n) is 2.62. The van der Waals surface area contributed by atoms with Gasteiger partial charge < -0.3 is 5.73 Å². The van der Waals surface area contributed by atoms with Gasteiger partial charge >= 0.3 is 0 Å². The SMILES string of the molecule is CCC(CN)CC(=O)CC1Cc2ccccc21. The summed E-state index contributed by atoms with van der Waals surface area (Å²) in [6.07, 6.45) is 3.43. The summed E-state index contributed by atoms with van der Waals surface area (Å²) in [5, 5.41) is 0. The van der Waals surface area contributed by atoms with Gasteiger partial charge in [0.25, 0.3) is 0 Å². The molecule has 2 unspecified atom stereocenters. The van der Waals surface area contributed by atoms with E-state index in [1.807, 2.05) is 0 Å². The molecule has 0 heterocycles. The van der Waals surface area contributed by atoms with E-state index < -0.39 is 0 Å². The molecule has 2 rings (SSSR count). The van der Waals surface area contributed by atoms with Gasteiger partial charge in [-0.3, -0.25) is 4.79 Å². The van der Waals surface area contributed by atoms with Crippen LogP contribution in [0.2, 0.25) is 0 Å². The average Bonchev–Trinajstić information content (AvgIpc) is 2.33. The number of carbonyl (C=O) groups excluding carboxylic acids is 1. The minimum Gasteiger partial charge on any atom is -0.330 e. The topological polar surface area (TPSA) is 43.1 Å². The number of ketones is 1. The van der Waals surface area contributed by atoms with Gasteiger partial charge in [-0.25, -0.2) is 0 Å². The molecule has 0 amide bonds. The number of carbonyl (C=O) groups is 1. The monoisotopic (exact) mass is 231 g/mol. The van der Waals surface area contributed by atoms with E-state index >= 15 is 0 Å². The molecule has 1 aromatic rings. The van der Waals surface area contributed by atoms with E-state index in [1.54, 1.807) is 0 Å². The van der Waals surface area contributed by atoms with Gasteiger partial charge in [-0.05, 0) is 35.9 Å². The van der Waals surface area contributed by atoms with Gasteiger partial charge in [-0.1, -0.05) is 37.6 Å². The first kappa shape index (κ1) is 12.3. The maximum absolute atomic E-state index is 11.9. The van der Waals surface area contributed by atoms with E-state index in [0.29, 0.717) is 37.0 Å². The molecule has 0 bridgehead atoms. The zero-order valence-corrected chi connectivity index (χ0v) is 10.5. The van der Waals surface area contributed by atoms with Crippen LogP contribution in [-0.2, 0) is 11.2 Å². The molecule has 2 heteroatoms. The highest BCUT2D eigenvalue weighted by Crippen LogP contribution is 2.37. The smallest absolute Gasteiger partial charge is 0.133 e. The molecule has 1 aromatic carbocycles. The van der Waals surface area contributed by atoms with Gasteiger partial charge in [-0.2, -0.15) is 0 Å². The maximum atomic E-state index is 11.9. The predicted molar refractivity (Wildman–Crippen MR) is 70.0 cm³/mol. The fraction of sp³-hybridized carbons (Fsp3) is 0.533. The fourth-order valence-corrected chi connectivity index (χ4v) is 2.62. The third-order valence-corrected chi connectivity index (χ3v) is 3.86. The third-order valence-electron chi connectivity index (χ3n) is 3.86. The summed E-state index contributed by atoms with van der Waals surface area (Å²) in [5.74, 6) is 1.22. The van der Waals surface area contributed by atoms with Crippen LogP contribution in [0.4, 0.5) is 0 Å². The quantitative estimate of drug-likeness (QED) is 0.818. The van der Waals surface area contributed by atoms with Crippen molar-refractivity contribution in [2.75, 3.05) is 6.54 Å². The number of rotatable bonds is 6. The molecular formula is C15H21NO. The van der Waals surface area contributed by atoms with Crippen LogP contribution in [0.25, 0.3) is 0 Å². The van der Waals surface area contributed by atoms with E-state index in [2.05, 4.69) is 31.2 Å². The van der Waals surface area contributed by atoms with Crippen LogP contribution in [0.5, 0.6) is 0 Å². The van der Waals surface area contributed by atoms with Gasteiger partial charge in [0, 0.05) is 12.8 Å². The summed E-state index contributed by atoms with van der Waals surface area (Å²) in [4.78, 5) is 11.9. The molecule has 0 spiro atoms. The van der Waals surface area contributed by atoms with Crippen molar-refractivity contribution in [2.24, 2.45) is 11.7 Å². The normalized spacial score (nSPS) is 19.3. The van der Waals surface area contributed by atoms with Gasteiger partial charge in [0.15, 0.2) is 0 Å². The Morgan fingerprint density at radius 1 is 1.47 bits per heavy atom. The Labute approximate surface area is 103 Å². The van der Waals surface area contributed by atoms with Crippen molar-refractivity contribution in [3.8, 4) is 0 Å². The van der Waals surface area contributed by atoms with Crippen molar-refractivity contribution in [2.45, 2.75) is 38.5 Å². The Bertz CT molecular complexity index is 396. The lowest BCUT2D eigenvalue weighted by Gasteiger charge is -2.29. The second-order valence-corrected chi connectivity index (χ2v) is 5.06. The van der Waals surface area contributed by atoms with Gasteiger partial charge in [0.1, 0.15) is 5.78 Å². The summed E-state index contributed by atoms with van der Waals surface area (Å²) in [5.41, 5.74) is 8.42. The lowest BCUT2D eigenvalue weighted by atomic mass is 9.74. The molecule has 1 aliphatic carbocycles. The summed E-state index contributed by atoms with van der Waals surface area (Å²) in [6, 6.07) is 8.44. The maximum Gasteiger partial charge on any atom is 0.133 e. The van der Waals surface area contributed by atoms with Crippen molar-refractivity contribution in [1.29, 1.82) is 0 Å². The lowest BCUT2D eigenvalue weighted by Crippen LogP contribution is -2.23. The van der Waals surface area contributed by atoms with Crippen LogP contribution < -0.4 is 5.73 Å². The molecular weight excluding hydrogens is 210 g/mol. The van der Waals surface area contributed by atoms with Crippen LogP contribution in [-0.4, -0.2) is 12.3 Å². The first-order chi connectivity index (χ1) is 8.24. The third kappa shape index (κ3) is 2.75. The second-order valence-electron chi connectivity index (χ2n) is 5.06. The van der Waals surface area contributed by atoms with Gasteiger partial charge in [-0.15, -0.1) is 0 Å². The van der Waals surface area contributed by atoms with Crippen LogP contribution >= 0.6 is 0 Å². The predicted octanol–water partition coefficient (Wildman–Crippen LogP) is 2.66. The number of nitrogens with two attached hydrogens (primary N) is 1. The Morgan fingerprint density at radius 3 is 2.88 bits per heavy atom. The van der Waals surface area contributed by atoms with Gasteiger partial charge in [0.05, 0.1) is 0 Å². The summed E-state index contributed by atoms with van der Waals surface area (Å²) in [6.45, 7) is 2.73. The Morgan fingerprint density at radius 2 is 2.24 bits per heavy atom. The summed E-state index contributed by atoms with van der Waals surface area (Å²) >= 11 is 0. The summed E-state index contributed by atoms with van der Waals surface area (Å²) in [7, 11) is 0. The van der Waals surface area contributed by atoms with E-state index in [9.17, 15) is 4.79 Å². The number of hydrogen-bond donors (Lipinski definition) is 1. The standard InChI is InChI=1S/C15H21NO/c1-2-11(10-16)7-14(17)9-13-8-12-5-3-4-6-15(12)13/h3-6,11,13H,2,7-10,16H2,1H3. The van der Waals surface area contributed by atoms with Gasteiger partial charge in [0.2, 0.25) is 0 Å². The molecule has 2 atom stereocenters. The largest absolute Gasteiger partial charge is 0.330 e. The van der Waals surface area contributed by atoms with E-state index in [-0.39, 0.29) is 0 Å². The molecule has 0 aromatic heterocycles. The Balaban J connectivity index is 1.86. The number of hydrogen-bond acceptors (Lipinski definition) is 2. The molecule has 17 heavy (non-hydrogen) atoms. The van der Waals surface area contributed by atoms with E-state index in [1.165, 1.54) is 11.1 Å². The molecule has 2 nitrogen and oxygen atoms in total. The average molecular weight is 231 g/mol. The summed E-state index contributed by atoms with van der Waals surface area (Å²) < 4.78 is 0. The van der Waals surface area contributed by atoms with Crippen LogP contribution in [0.15, 0.2) is 24.3 Å². The van der Waals surface area contributed by atoms with Crippen molar-refractivity contribution in [1.82, 2.24) is 0 Å². The van der Waals surface area contributed by atoms with Crippen molar-refractivity contribution in [3.63, 3.8) is 0 Å². The van der Waals surface area contributed by atoms with Crippen LogP contribution in [0, 0.1) is 5.92 Å². The number of benzene rings is 1. The molecule has 0 aliphatic heterocycles. The zero-order valence-electron chi connectivity index (χ0n) is 10.5. The van der Waals surface area contributed by atoms with E-state index in [0.717, 1.165) is 12.8 Å².